The third kappa shape index (κ3) is 2.82. The van der Waals surface area contributed by atoms with Crippen molar-refractivity contribution in [2.24, 2.45) is 0 Å². The Morgan fingerprint density at radius 2 is 2.00 bits per heavy atom. The first-order valence-corrected chi connectivity index (χ1v) is 7.98. The Labute approximate surface area is 128 Å². The zero-order chi connectivity index (χ0) is 15.3. The van der Waals surface area contributed by atoms with Gasteiger partial charge in [0, 0.05) is 12.5 Å². The molecule has 0 amide bonds. The van der Waals surface area contributed by atoms with E-state index >= 15 is 0 Å². The van der Waals surface area contributed by atoms with E-state index in [-0.39, 0.29) is 17.3 Å². The zero-order valence-electron chi connectivity index (χ0n) is 13.8. The highest BCUT2D eigenvalue weighted by Gasteiger charge is 2.47. The molecule has 0 saturated carbocycles. The maximum absolute atomic E-state index is 6.27. The molecule has 116 valence electrons. The average molecular weight is 289 g/mol. The first-order chi connectivity index (χ1) is 9.81. The van der Waals surface area contributed by atoms with Crippen molar-refractivity contribution >= 4 is 0 Å². The van der Waals surface area contributed by atoms with E-state index in [4.69, 9.17) is 9.47 Å². The highest BCUT2D eigenvalue weighted by atomic mass is 16.6. The van der Waals surface area contributed by atoms with Crippen LogP contribution in [0.1, 0.15) is 57.7 Å². The van der Waals surface area contributed by atoms with Crippen LogP contribution < -0.4 is 10.1 Å². The standard InChI is InChI=1S/C18H27NO2/c1-17(2)11-16(18(3,4)21-17)20-13-7-8-14-12(10-13)6-9-15(14)19-5/h7-8,10,15-16,19H,6,9,11H2,1-5H3. The van der Waals surface area contributed by atoms with E-state index in [2.05, 4.69) is 51.2 Å². The lowest BCUT2D eigenvalue weighted by atomic mass is 9.97. The molecule has 1 N–H and O–H groups in total. The maximum atomic E-state index is 6.27. The number of nitrogens with one attached hydrogen (secondary N) is 1. The monoisotopic (exact) mass is 289 g/mol. The number of ether oxygens (including phenoxy) is 2. The summed E-state index contributed by atoms with van der Waals surface area (Å²) in [6.07, 6.45) is 3.34. The van der Waals surface area contributed by atoms with Crippen LogP contribution in [0.4, 0.5) is 0 Å². The lowest BCUT2D eigenvalue weighted by molar-refractivity contribution is -0.0846. The van der Waals surface area contributed by atoms with Crippen molar-refractivity contribution in [3.8, 4) is 5.75 Å². The first-order valence-electron chi connectivity index (χ1n) is 7.98. The fraction of sp³-hybridized carbons (Fsp3) is 0.667. The molecule has 1 fully saturated rings. The predicted molar refractivity (Wildman–Crippen MR) is 84.8 cm³/mol. The van der Waals surface area contributed by atoms with Crippen LogP contribution in [-0.2, 0) is 11.2 Å². The maximum Gasteiger partial charge on any atom is 0.130 e. The Balaban J connectivity index is 1.78. The molecular weight excluding hydrogens is 262 g/mol. The summed E-state index contributed by atoms with van der Waals surface area (Å²) in [5.74, 6) is 0.977. The molecule has 2 aliphatic rings. The van der Waals surface area contributed by atoms with Gasteiger partial charge in [-0.15, -0.1) is 0 Å². The Bertz CT molecular complexity index is 536. The number of rotatable bonds is 3. The molecule has 21 heavy (non-hydrogen) atoms. The molecule has 1 aliphatic heterocycles. The lowest BCUT2D eigenvalue weighted by Crippen LogP contribution is -2.36. The van der Waals surface area contributed by atoms with Gasteiger partial charge in [-0.05, 0) is 70.8 Å². The van der Waals surface area contributed by atoms with Gasteiger partial charge in [-0.2, -0.15) is 0 Å². The van der Waals surface area contributed by atoms with Crippen LogP contribution in [0.3, 0.4) is 0 Å². The number of fused-ring (bicyclic) bond motifs is 1. The third-order valence-corrected chi connectivity index (χ3v) is 4.81. The summed E-state index contributed by atoms with van der Waals surface area (Å²) in [5.41, 5.74) is 2.49. The predicted octanol–water partition coefficient (Wildman–Crippen LogP) is 3.62. The van der Waals surface area contributed by atoms with Crippen molar-refractivity contribution in [2.45, 2.75) is 70.3 Å². The molecule has 2 atom stereocenters. The molecule has 2 unspecified atom stereocenters. The molecule has 1 saturated heterocycles. The summed E-state index contributed by atoms with van der Waals surface area (Å²) in [5, 5.41) is 3.38. The number of hydrogen-bond acceptors (Lipinski definition) is 3. The Morgan fingerprint density at radius 3 is 2.62 bits per heavy atom. The van der Waals surface area contributed by atoms with Crippen molar-refractivity contribution < 1.29 is 9.47 Å². The highest BCUT2D eigenvalue weighted by Crippen LogP contribution is 2.40. The van der Waals surface area contributed by atoms with Crippen LogP contribution in [0.2, 0.25) is 0 Å². The quantitative estimate of drug-likeness (QED) is 0.922. The molecule has 3 nitrogen and oxygen atoms in total. The summed E-state index contributed by atoms with van der Waals surface area (Å²) in [4.78, 5) is 0. The largest absolute Gasteiger partial charge is 0.487 e. The fourth-order valence-corrected chi connectivity index (χ4v) is 3.83. The van der Waals surface area contributed by atoms with Gasteiger partial charge in [0.2, 0.25) is 0 Å². The van der Waals surface area contributed by atoms with Crippen molar-refractivity contribution in [1.29, 1.82) is 0 Å². The van der Waals surface area contributed by atoms with E-state index in [9.17, 15) is 0 Å². The summed E-state index contributed by atoms with van der Waals surface area (Å²) in [6, 6.07) is 7.04. The summed E-state index contributed by atoms with van der Waals surface area (Å²) >= 11 is 0. The topological polar surface area (TPSA) is 30.5 Å². The second-order valence-electron chi connectivity index (χ2n) is 7.52. The fourth-order valence-electron chi connectivity index (χ4n) is 3.83. The SMILES string of the molecule is CNC1CCc2cc(OC3CC(C)(C)OC3(C)C)ccc21. The molecule has 0 bridgehead atoms. The average Bonchev–Trinajstić information content (AvgIpc) is 2.86. The second kappa shape index (κ2) is 4.99. The number of hydrogen-bond donors (Lipinski definition) is 1. The molecule has 3 heteroatoms. The van der Waals surface area contributed by atoms with Crippen molar-refractivity contribution in [1.82, 2.24) is 5.32 Å². The Hall–Kier alpha value is -1.06. The van der Waals surface area contributed by atoms with Gasteiger partial charge in [-0.1, -0.05) is 6.07 Å². The number of benzene rings is 1. The minimum atomic E-state index is -0.240. The summed E-state index contributed by atoms with van der Waals surface area (Å²) < 4.78 is 12.4. The van der Waals surface area contributed by atoms with Crippen LogP contribution in [0.25, 0.3) is 0 Å². The molecule has 1 aromatic carbocycles. The van der Waals surface area contributed by atoms with Gasteiger partial charge in [0.25, 0.3) is 0 Å². The molecule has 1 heterocycles. The van der Waals surface area contributed by atoms with Gasteiger partial charge in [0.05, 0.1) is 5.60 Å². The van der Waals surface area contributed by atoms with Gasteiger partial charge < -0.3 is 14.8 Å². The molecule has 0 spiro atoms. The van der Waals surface area contributed by atoms with Crippen LogP contribution in [0.5, 0.6) is 5.75 Å². The van der Waals surface area contributed by atoms with E-state index in [1.165, 1.54) is 17.5 Å². The second-order valence-corrected chi connectivity index (χ2v) is 7.52. The molecule has 1 aliphatic carbocycles. The van der Waals surface area contributed by atoms with Gasteiger partial charge in [0.15, 0.2) is 0 Å². The summed E-state index contributed by atoms with van der Waals surface area (Å²) in [6.45, 7) is 8.52. The van der Waals surface area contributed by atoms with Gasteiger partial charge >= 0.3 is 0 Å². The van der Waals surface area contributed by atoms with E-state index in [0.29, 0.717) is 6.04 Å². The molecule has 3 rings (SSSR count). The smallest absolute Gasteiger partial charge is 0.130 e. The zero-order valence-corrected chi connectivity index (χ0v) is 13.8. The van der Waals surface area contributed by atoms with Crippen molar-refractivity contribution in [3.63, 3.8) is 0 Å². The molecular formula is C18H27NO2. The van der Waals surface area contributed by atoms with Crippen molar-refractivity contribution in [3.05, 3.63) is 29.3 Å². The highest BCUT2D eigenvalue weighted by molar-refractivity contribution is 5.40. The third-order valence-electron chi connectivity index (χ3n) is 4.81. The van der Waals surface area contributed by atoms with E-state index < -0.39 is 0 Å². The normalized spacial score (nSPS) is 29.4. The van der Waals surface area contributed by atoms with Crippen LogP contribution in [-0.4, -0.2) is 24.4 Å². The Kier molecular flexibility index (Phi) is 3.53. The van der Waals surface area contributed by atoms with E-state index in [1.54, 1.807) is 0 Å². The lowest BCUT2D eigenvalue weighted by Gasteiger charge is -2.27. The van der Waals surface area contributed by atoms with Crippen LogP contribution in [0.15, 0.2) is 18.2 Å². The number of aryl methyl sites for hydroxylation is 1. The van der Waals surface area contributed by atoms with Crippen LogP contribution >= 0.6 is 0 Å². The van der Waals surface area contributed by atoms with Gasteiger partial charge in [-0.25, -0.2) is 0 Å². The van der Waals surface area contributed by atoms with Crippen molar-refractivity contribution in [2.75, 3.05) is 7.05 Å². The summed E-state index contributed by atoms with van der Waals surface area (Å²) in [7, 11) is 2.03. The first kappa shape index (κ1) is 14.9. The minimum absolute atomic E-state index is 0.104. The molecule has 0 aromatic heterocycles. The minimum Gasteiger partial charge on any atom is -0.487 e. The molecule has 1 aromatic rings. The van der Waals surface area contributed by atoms with Gasteiger partial charge in [0.1, 0.15) is 17.5 Å². The Morgan fingerprint density at radius 1 is 1.24 bits per heavy atom. The van der Waals surface area contributed by atoms with Gasteiger partial charge in [-0.3, -0.25) is 0 Å². The van der Waals surface area contributed by atoms with E-state index in [0.717, 1.165) is 18.6 Å². The van der Waals surface area contributed by atoms with Crippen LogP contribution in [0, 0.1) is 0 Å². The van der Waals surface area contributed by atoms with E-state index in [1.807, 2.05) is 7.05 Å². The molecule has 0 radical (unpaired) electrons.